The highest BCUT2D eigenvalue weighted by Gasteiger charge is 2.33. The Labute approximate surface area is 177 Å². The summed E-state index contributed by atoms with van der Waals surface area (Å²) in [5, 5.41) is 13.2. The van der Waals surface area contributed by atoms with Gasteiger partial charge in [0.2, 0.25) is 0 Å². The van der Waals surface area contributed by atoms with Gasteiger partial charge in [0.05, 0.1) is 23.5 Å². The number of H-pyrrole nitrogens is 1. The second kappa shape index (κ2) is 9.10. The van der Waals surface area contributed by atoms with E-state index in [1.54, 1.807) is 14.0 Å². The second-order valence-electron chi connectivity index (χ2n) is 6.91. The number of amides is 1. The van der Waals surface area contributed by atoms with Crippen LogP contribution in [0, 0.1) is 6.92 Å². The number of hydrogen-bond acceptors (Lipinski definition) is 7. The molecule has 2 atom stereocenters. The number of ether oxygens (including phenoxy) is 1. The maximum atomic E-state index is 12.6. The number of carboxylic acids is 1. The zero-order valence-corrected chi connectivity index (χ0v) is 18.1. The molecule has 0 spiro atoms. The molecule has 3 N–H and O–H groups in total. The lowest BCUT2D eigenvalue weighted by atomic mass is 10.0. The van der Waals surface area contributed by atoms with Gasteiger partial charge in [0.15, 0.2) is 16.1 Å². The molecule has 9 nitrogen and oxygen atoms in total. The molecular formula is C18H24ClN5O4S. The molecular weight excluding hydrogens is 418 g/mol. The lowest BCUT2D eigenvalue weighted by Gasteiger charge is -2.37. The third-order valence-electron chi connectivity index (χ3n) is 4.87. The topological polar surface area (TPSA) is 120 Å². The molecule has 1 amide bonds. The van der Waals surface area contributed by atoms with Crippen molar-refractivity contribution in [1.29, 1.82) is 0 Å². The van der Waals surface area contributed by atoms with Crippen LogP contribution in [0.3, 0.4) is 0 Å². The Kier molecular flexibility index (Phi) is 6.76. The van der Waals surface area contributed by atoms with Crippen molar-refractivity contribution in [2.75, 3.05) is 25.1 Å². The van der Waals surface area contributed by atoms with Crippen molar-refractivity contribution >= 4 is 39.9 Å². The number of aromatic amines is 1. The number of thiazole rings is 1. The molecule has 0 bridgehead atoms. The van der Waals surface area contributed by atoms with Crippen molar-refractivity contribution in [1.82, 2.24) is 20.3 Å². The molecule has 3 heterocycles. The van der Waals surface area contributed by atoms with Gasteiger partial charge in [-0.15, -0.1) is 0 Å². The monoisotopic (exact) mass is 441 g/mol. The van der Waals surface area contributed by atoms with Gasteiger partial charge in [-0.1, -0.05) is 36.3 Å². The quantitative estimate of drug-likeness (QED) is 0.603. The molecule has 2 aromatic heterocycles. The molecule has 0 unspecified atom stereocenters. The van der Waals surface area contributed by atoms with Crippen molar-refractivity contribution in [2.24, 2.45) is 0 Å². The number of methoxy groups -OCH3 is 1. The van der Waals surface area contributed by atoms with Crippen LogP contribution >= 0.6 is 22.9 Å². The highest BCUT2D eigenvalue weighted by Crippen LogP contribution is 2.29. The predicted molar refractivity (Wildman–Crippen MR) is 110 cm³/mol. The smallest absolute Gasteiger partial charge is 0.347 e. The number of carbonyl (C=O) groups is 2. The fraction of sp³-hybridized carbons (Fsp3) is 0.556. The van der Waals surface area contributed by atoms with Gasteiger partial charge in [-0.3, -0.25) is 4.79 Å². The van der Waals surface area contributed by atoms with E-state index in [9.17, 15) is 14.7 Å². The zero-order chi connectivity index (χ0) is 21.1. The van der Waals surface area contributed by atoms with E-state index in [2.05, 4.69) is 20.3 Å². The van der Waals surface area contributed by atoms with E-state index in [1.807, 2.05) is 11.8 Å². The summed E-state index contributed by atoms with van der Waals surface area (Å²) in [6, 6.07) is -0.206. The number of piperidine rings is 1. The molecule has 3 rings (SSSR count). The Morgan fingerprint density at radius 2 is 2.21 bits per heavy atom. The molecule has 0 aromatic carbocycles. The third-order valence-corrected chi connectivity index (χ3v) is 6.39. The molecule has 0 saturated carbocycles. The summed E-state index contributed by atoms with van der Waals surface area (Å²) in [6.07, 6.45) is 1.98. The first-order valence-electron chi connectivity index (χ1n) is 9.37. The van der Waals surface area contributed by atoms with Crippen LogP contribution in [0.1, 0.15) is 51.4 Å². The normalized spacial score (nSPS) is 19.4. The first kappa shape index (κ1) is 21.5. The largest absolute Gasteiger partial charge is 0.477 e. The fourth-order valence-corrected chi connectivity index (χ4v) is 4.53. The van der Waals surface area contributed by atoms with Gasteiger partial charge in [-0.05, 0) is 19.8 Å². The van der Waals surface area contributed by atoms with Gasteiger partial charge in [0, 0.05) is 20.2 Å². The average Bonchev–Trinajstić information content (AvgIpc) is 3.25. The molecule has 0 radical (unpaired) electrons. The van der Waals surface area contributed by atoms with Crippen LogP contribution in [0.15, 0.2) is 0 Å². The SMILES string of the molecule is CCCc1[nH]c(C(=O)N[C@H]2CCN(c3nc(C)c(C(=O)O)s3)C[C@H]2OC)nc1Cl. The summed E-state index contributed by atoms with van der Waals surface area (Å²) >= 11 is 7.24. The molecule has 1 aliphatic heterocycles. The Morgan fingerprint density at radius 3 is 2.83 bits per heavy atom. The van der Waals surface area contributed by atoms with Crippen LogP contribution in [0.5, 0.6) is 0 Å². The number of nitrogens with one attached hydrogen (secondary N) is 2. The van der Waals surface area contributed by atoms with Crippen molar-refractivity contribution in [3.63, 3.8) is 0 Å². The summed E-state index contributed by atoms with van der Waals surface area (Å²) in [7, 11) is 1.59. The van der Waals surface area contributed by atoms with Gasteiger partial charge >= 0.3 is 5.97 Å². The van der Waals surface area contributed by atoms with Crippen LogP contribution < -0.4 is 10.2 Å². The van der Waals surface area contributed by atoms with Gasteiger partial charge in [-0.2, -0.15) is 0 Å². The number of hydrogen-bond donors (Lipinski definition) is 3. The summed E-state index contributed by atoms with van der Waals surface area (Å²) in [6.45, 7) is 4.83. The number of aromatic nitrogens is 3. The summed E-state index contributed by atoms with van der Waals surface area (Å²) in [5.41, 5.74) is 1.25. The Bertz CT molecular complexity index is 899. The molecule has 158 valence electrons. The standard InChI is InChI=1S/C18H24ClN5O4S/c1-4-5-11-14(19)23-15(21-11)16(25)22-10-6-7-24(8-12(10)28-3)18-20-9(2)13(29-18)17(26)27/h10,12H,4-8H2,1-3H3,(H,21,23)(H,22,25)(H,26,27)/t10-,12+/m0/s1. The fourth-order valence-electron chi connectivity index (χ4n) is 3.36. The van der Waals surface area contributed by atoms with E-state index in [1.165, 1.54) is 0 Å². The molecule has 0 aliphatic carbocycles. The van der Waals surface area contributed by atoms with E-state index in [-0.39, 0.29) is 28.8 Å². The van der Waals surface area contributed by atoms with Crippen LogP contribution in [0.25, 0.3) is 0 Å². The minimum absolute atomic E-state index is 0.192. The minimum atomic E-state index is -0.976. The Morgan fingerprint density at radius 1 is 1.45 bits per heavy atom. The number of anilines is 1. The molecule has 29 heavy (non-hydrogen) atoms. The minimum Gasteiger partial charge on any atom is -0.477 e. The number of rotatable bonds is 7. The van der Waals surface area contributed by atoms with E-state index in [0.29, 0.717) is 35.5 Å². The van der Waals surface area contributed by atoms with Crippen LogP contribution in [-0.4, -0.2) is 64.3 Å². The van der Waals surface area contributed by atoms with Crippen molar-refractivity contribution < 1.29 is 19.4 Å². The highest BCUT2D eigenvalue weighted by molar-refractivity contribution is 7.17. The van der Waals surface area contributed by atoms with Crippen molar-refractivity contribution in [3.05, 3.63) is 27.2 Å². The molecule has 2 aromatic rings. The number of nitrogens with zero attached hydrogens (tertiary/aromatic N) is 3. The maximum Gasteiger partial charge on any atom is 0.347 e. The number of halogens is 1. The predicted octanol–water partition coefficient (Wildman–Crippen LogP) is 2.50. The van der Waals surface area contributed by atoms with E-state index in [0.717, 1.165) is 29.9 Å². The zero-order valence-electron chi connectivity index (χ0n) is 16.5. The van der Waals surface area contributed by atoms with Gasteiger partial charge in [-0.25, -0.2) is 14.8 Å². The highest BCUT2D eigenvalue weighted by atomic mass is 35.5. The number of aromatic carboxylic acids is 1. The van der Waals surface area contributed by atoms with Crippen LogP contribution in [0.4, 0.5) is 5.13 Å². The van der Waals surface area contributed by atoms with E-state index < -0.39 is 5.97 Å². The number of aryl methyl sites for hydroxylation is 2. The molecule has 1 aliphatic rings. The number of imidazole rings is 1. The molecule has 1 fully saturated rings. The Balaban J connectivity index is 1.67. The van der Waals surface area contributed by atoms with Gasteiger partial charge in [0.1, 0.15) is 4.88 Å². The second-order valence-corrected chi connectivity index (χ2v) is 8.25. The van der Waals surface area contributed by atoms with Crippen molar-refractivity contribution in [2.45, 2.75) is 45.3 Å². The van der Waals surface area contributed by atoms with E-state index in [4.69, 9.17) is 16.3 Å². The Hall–Kier alpha value is -2.17. The summed E-state index contributed by atoms with van der Waals surface area (Å²) < 4.78 is 5.59. The van der Waals surface area contributed by atoms with Crippen LogP contribution in [-0.2, 0) is 11.2 Å². The average molecular weight is 442 g/mol. The van der Waals surface area contributed by atoms with Gasteiger partial charge < -0.3 is 25.0 Å². The van der Waals surface area contributed by atoms with Crippen LogP contribution in [0.2, 0.25) is 5.15 Å². The van der Waals surface area contributed by atoms with E-state index >= 15 is 0 Å². The molecule has 11 heteroatoms. The third kappa shape index (κ3) is 4.71. The lowest BCUT2D eigenvalue weighted by molar-refractivity contribution is 0.0538. The number of carbonyl (C=O) groups excluding carboxylic acids is 1. The molecule has 1 saturated heterocycles. The first-order chi connectivity index (χ1) is 13.8. The summed E-state index contributed by atoms with van der Waals surface area (Å²) in [5.74, 6) is -1.11. The maximum absolute atomic E-state index is 12.6. The number of carboxylic acid groups (broad SMARTS) is 1. The lowest BCUT2D eigenvalue weighted by Crippen LogP contribution is -2.55. The van der Waals surface area contributed by atoms with Gasteiger partial charge in [0.25, 0.3) is 5.91 Å². The first-order valence-corrected chi connectivity index (χ1v) is 10.6. The van der Waals surface area contributed by atoms with Crippen molar-refractivity contribution in [3.8, 4) is 0 Å². The summed E-state index contributed by atoms with van der Waals surface area (Å²) in [4.78, 5) is 37.6.